The second-order valence-electron chi connectivity index (χ2n) is 4.55. The lowest BCUT2D eigenvalue weighted by atomic mass is 10.1. The van der Waals surface area contributed by atoms with E-state index < -0.39 is 6.10 Å². The molecule has 0 bridgehead atoms. The lowest BCUT2D eigenvalue weighted by molar-refractivity contribution is 0.174. The predicted molar refractivity (Wildman–Crippen MR) is 83.1 cm³/mol. The van der Waals surface area contributed by atoms with Crippen LogP contribution in [0.25, 0.3) is 0 Å². The Morgan fingerprint density at radius 1 is 1.21 bits per heavy atom. The normalized spacial score (nSPS) is 12.4. The first-order valence-corrected chi connectivity index (χ1v) is 8.19. The molecule has 1 unspecified atom stereocenters. The molecule has 1 aromatic carbocycles. The van der Waals surface area contributed by atoms with Gasteiger partial charge in [-0.15, -0.1) is 0 Å². The van der Waals surface area contributed by atoms with Gasteiger partial charge in [0.1, 0.15) is 5.75 Å². The fraction of sp³-hybridized carbons (Fsp3) is 0.600. The van der Waals surface area contributed by atoms with Gasteiger partial charge >= 0.3 is 0 Å². The third kappa shape index (κ3) is 6.85. The molecule has 4 heteroatoms. The van der Waals surface area contributed by atoms with Gasteiger partial charge < -0.3 is 15.2 Å². The van der Waals surface area contributed by atoms with Crippen molar-refractivity contribution in [2.24, 2.45) is 0 Å². The van der Waals surface area contributed by atoms with Crippen LogP contribution in [0.15, 0.2) is 24.3 Å². The maximum Gasteiger partial charge on any atom is 0.118 e. The third-order valence-corrected chi connectivity index (χ3v) is 3.74. The van der Waals surface area contributed by atoms with Crippen LogP contribution >= 0.6 is 11.8 Å². The molecule has 0 aliphatic rings. The standard InChI is InChI=1S/C15H25NO2S/c1-18-14-8-6-13(7-9-14)15(17)12-16-10-4-3-5-11-19-2/h6-9,15-17H,3-5,10-12H2,1-2H3. The molecule has 0 saturated heterocycles. The number of aliphatic hydroxyl groups is 1. The van der Waals surface area contributed by atoms with Crippen molar-refractivity contribution in [2.75, 3.05) is 32.2 Å². The van der Waals surface area contributed by atoms with Crippen LogP contribution in [-0.4, -0.2) is 37.3 Å². The maximum absolute atomic E-state index is 10.0. The summed E-state index contributed by atoms with van der Waals surface area (Å²) in [5.41, 5.74) is 0.927. The Kier molecular flexibility index (Phi) is 8.71. The number of unbranched alkanes of at least 4 members (excludes halogenated alkanes) is 2. The third-order valence-electron chi connectivity index (χ3n) is 3.04. The monoisotopic (exact) mass is 283 g/mol. The van der Waals surface area contributed by atoms with Crippen molar-refractivity contribution in [3.05, 3.63) is 29.8 Å². The summed E-state index contributed by atoms with van der Waals surface area (Å²) >= 11 is 1.90. The van der Waals surface area contributed by atoms with Gasteiger partial charge in [0.15, 0.2) is 0 Å². The van der Waals surface area contributed by atoms with Crippen molar-refractivity contribution >= 4 is 11.8 Å². The van der Waals surface area contributed by atoms with E-state index in [0.29, 0.717) is 6.54 Å². The van der Waals surface area contributed by atoms with E-state index in [2.05, 4.69) is 11.6 Å². The molecule has 1 rings (SSSR count). The summed E-state index contributed by atoms with van der Waals surface area (Å²) in [6, 6.07) is 7.56. The van der Waals surface area contributed by atoms with Gasteiger partial charge in [-0.3, -0.25) is 0 Å². The molecule has 0 radical (unpaired) electrons. The lowest BCUT2D eigenvalue weighted by Crippen LogP contribution is -2.22. The van der Waals surface area contributed by atoms with Gasteiger partial charge in [0, 0.05) is 6.54 Å². The van der Waals surface area contributed by atoms with Crippen LogP contribution in [0.4, 0.5) is 0 Å². The average Bonchev–Trinajstić information content (AvgIpc) is 2.46. The van der Waals surface area contributed by atoms with Crippen LogP contribution in [0.3, 0.4) is 0 Å². The van der Waals surface area contributed by atoms with Gasteiger partial charge in [-0.25, -0.2) is 0 Å². The zero-order chi connectivity index (χ0) is 13.9. The van der Waals surface area contributed by atoms with E-state index in [1.807, 2.05) is 36.0 Å². The number of hydrogen-bond donors (Lipinski definition) is 2. The number of rotatable bonds is 10. The summed E-state index contributed by atoms with van der Waals surface area (Å²) in [6.07, 6.45) is 5.41. The minimum Gasteiger partial charge on any atom is -0.497 e. The highest BCUT2D eigenvalue weighted by Gasteiger charge is 2.06. The second kappa shape index (κ2) is 10.1. The number of methoxy groups -OCH3 is 1. The minimum atomic E-state index is -0.447. The Morgan fingerprint density at radius 2 is 1.95 bits per heavy atom. The molecule has 0 aliphatic heterocycles. The zero-order valence-electron chi connectivity index (χ0n) is 11.9. The van der Waals surface area contributed by atoms with E-state index in [1.165, 1.54) is 25.0 Å². The zero-order valence-corrected chi connectivity index (χ0v) is 12.7. The summed E-state index contributed by atoms with van der Waals surface area (Å²) < 4.78 is 5.10. The van der Waals surface area contributed by atoms with Crippen molar-refractivity contribution < 1.29 is 9.84 Å². The molecule has 0 spiro atoms. The molecule has 0 amide bonds. The smallest absolute Gasteiger partial charge is 0.118 e. The fourth-order valence-corrected chi connectivity index (χ4v) is 2.35. The van der Waals surface area contributed by atoms with Crippen LogP contribution in [0, 0.1) is 0 Å². The average molecular weight is 283 g/mol. The van der Waals surface area contributed by atoms with E-state index >= 15 is 0 Å². The van der Waals surface area contributed by atoms with E-state index in [9.17, 15) is 5.11 Å². The molecule has 108 valence electrons. The van der Waals surface area contributed by atoms with Gasteiger partial charge in [0.2, 0.25) is 0 Å². The Labute approximate surface area is 120 Å². The van der Waals surface area contributed by atoms with Crippen LogP contribution in [-0.2, 0) is 0 Å². The SMILES string of the molecule is COc1ccc(C(O)CNCCCCCSC)cc1. The highest BCUT2D eigenvalue weighted by Crippen LogP contribution is 2.16. The van der Waals surface area contributed by atoms with Crippen LogP contribution < -0.4 is 10.1 Å². The highest BCUT2D eigenvalue weighted by molar-refractivity contribution is 7.98. The minimum absolute atomic E-state index is 0.447. The topological polar surface area (TPSA) is 41.5 Å². The first-order chi connectivity index (χ1) is 9.27. The van der Waals surface area contributed by atoms with E-state index in [-0.39, 0.29) is 0 Å². The van der Waals surface area contributed by atoms with Crippen molar-refractivity contribution in [3.63, 3.8) is 0 Å². The van der Waals surface area contributed by atoms with Crippen LogP contribution in [0.1, 0.15) is 30.9 Å². The second-order valence-corrected chi connectivity index (χ2v) is 5.53. The maximum atomic E-state index is 10.0. The van der Waals surface area contributed by atoms with Gasteiger partial charge in [0.25, 0.3) is 0 Å². The summed E-state index contributed by atoms with van der Waals surface area (Å²) in [5, 5.41) is 13.3. The van der Waals surface area contributed by atoms with Crippen LogP contribution in [0.2, 0.25) is 0 Å². The summed E-state index contributed by atoms with van der Waals surface area (Å²) in [7, 11) is 1.64. The van der Waals surface area contributed by atoms with Gasteiger partial charge in [0.05, 0.1) is 13.2 Å². The Balaban J connectivity index is 2.14. The predicted octanol–water partition coefficient (Wildman–Crippen LogP) is 2.85. The van der Waals surface area contributed by atoms with Gasteiger partial charge in [-0.05, 0) is 49.1 Å². The summed E-state index contributed by atoms with van der Waals surface area (Å²) in [5.74, 6) is 2.06. The molecular formula is C15H25NO2S. The van der Waals surface area contributed by atoms with Gasteiger partial charge in [-0.2, -0.15) is 11.8 Å². The molecule has 1 aromatic rings. The molecule has 19 heavy (non-hydrogen) atoms. The van der Waals surface area contributed by atoms with E-state index in [4.69, 9.17) is 4.74 Å². The number of hydrogen-bond acceptors (Lipinski definition) is 4. The molecule has 0 aliphatic carbocycles. The molecule has 1 atom stereocenters. The number of aliphatic hydroxyl groups excluding tert-OH is 1. The Bertz CT molecular complexity index is 329. The van der Waals surface area contributed by atoms with Crippen LogP contribution in [0.5, 0.6) is 5.75 Å². The number of thioether (sulfide) groups is 1. The quantitative estimate of drug-likeness (QED) is 0.648. The van der Waals surface area contributed by atoms with E-state index in [0.717, 1.165) is 17.9 Å². The lowest BCUT2D eigenvalue weighted by Gasteiger charge is -2.12. The molecule has 3 nitrogen and oxygen atoms in total. The first kappa shape index (κ1) is 16.3. The molecule has 2 N–H and O–H groups in total. The Hall–Kier alpha value is -0.710. The highest BCUT2D eigenvalue weighted by atomic mass is 32.2. The van der Waals surface area contributed by atoms with E-state index in [1.54, 1.807) is 7.11 Å². The van der Waals surface area contributed by atoms with Crippen molar-refractivity contribution in [1.82, 2.24) is 5.32 Å². The molecular weight excluding hydrogens is 258 g/mol. The van der Waals surface area contributed by atoms with Crippen molar-refractivity contribution in [3.8, 4) is 5.75 Å². The Morgan fingerprint density at radius 3 is 2.58 bits per heavy atom. The number of nitrogens with one attached hydrogen (secondary N) is 1. The number of ether oxygens (including phenoxy) is 1. The first-order valence-electron chi connectivity index (χ1n) is 6.79. The summed E-state index contributed by atoms with van der Waals surface area (Å²) in [4.78, 5) is 0. The fourth-order valence-electron chi connectivity index (χ4n) is 1.86. The largest absolute Gasteiger partial charge is 0.497 e. The molecule has 0 saturated carbocycles. The van der Waals surface area contributed by atoms with Gasteiger partial charge in [-0.1, -0.05) is 18.6 Å². The van der Waals surface area contributed by atoms with Crippen molar-refractivity contribution in [1.29, 1.82) is 0 Å². The molecule has 0 fully saturated rings. The summed E-state index contributed by atoms with van der Waals surface area (Å²) in [6.45, 7) is 1.58. The van der Waals surface area contributed by atoms with Crippen molar-refractivity contribution in [2.45, 2.75) is 25.4 Å². The molecule has 0 heterocycles. The number of benzene rings is 1. The molecule has 0 aromatic heterocycles.